The molecule has 3 rings (SSSR count). The molecule has 100 valence electrons. The molecule has 0 spiro atoms. The monoisotopic (exact) mass is 282 g/mol. The number of rotatable bonds is 2. The van der Waals surface area contributed by atoms with Gasteiger partial charge in [-0.3, -0.25) is 0 Å². The molecule has 0 unspecified atom stereocenters. The van der Waals surface area contributed by atoms with Crippen molar-refractivity contribution in [2.24, 2.45) is 10.2 Å². The van der Waals surface area contributed by atoms with Crippen LogP contribution in [0.3, 0.4) is 0 Å². The van der Waals surface area contributed by atoms with Crippen LogP contribution in [0.2, 0.25) is 0 Å². The topological polar surface area (TPSA) is 63.6 Å². The van der Waals surface area contributed by atoms with Gasteiger partial charge >= 0.3 is 0 Å². The van der Waals surface area contributed by atoms with Gasteiger partial charge in [-0.2, -0.15) is 10.2 Å². The van der Waals surface area contributed by atoms with Gasteiger partial charge in [0.25, 0.3) is 0 Å². The number of hydrogen-bond acceptors (Lipinski definition) is 5. The SMILES string of the molecule is Nc1nccs1.c1ccc(N=Nc2ccccc2)cc1. The fraction of sp³-hybridized carbons (Fsp3) is 0. The van der Waals surface area contributed by atoms with Crippen molar-refractivity contribution < 1.29 is 0 Å². The molecule has 0 atom stereocenters. The number of hydrogen-bond donors (Lipinski definition) is 1. The lowest BCUT2D eigenvalue weighted by Crippen LogP contribution is -1.77. The molecule has 0 bridgehead atoms. The summed E-state index contributed by atoms with van der Waals surface area (Å²) in [7, 11) is 0. The normalized spacial score (nSPS) is 10.0. The minimum absolute atomic E-state index is 0.634. The molecular weight excluding hydrogens is 268 g/mol. The average molecular weight is 282 g/mol. The molecule has 2 N–H and O–H groups in total. The molecule has 0 amide bonds. The predicted octanol–water partition coefficient (Wildman–Crippen LogP) is 4.83. The van der Waals surface area contributed by atoms with Crippen LogP contribution in [-0.4, -0.2) is 4.98 Å². The van der Waals surface area contributed by atoms with Crippen molar-refractivity contribution >= 4 is 27.8 Å². The Bertz CT molecular complexity index is 580. The van der Waals surface area contributed by atoms with Gasteiger partial charge in [0.1, 0.15) is 0 Å². The second-order valence-electron chi connectivity index (χ2n) is 3.74. The second kappa shape index (κ2) is 7.81. The summed E-state index contributed by atoms with van der Waals surface area (Å²) in [5.41, 5.74) is 6.93. The Hall–Kier alpha value is -2.53. The molecule has 0 fully saturated rings. The number of nitrogen functional groups attached to an aromatic ring is 1. The maximum atomic E-state index is 5.19. The number of nitrogens with two attached hydrogens (primary N) is 1. The summed E-state index contributed by atoms with van der Waals surface area (Å²) in [6.45, 7) is 0. The van der Waals surface area contributed by atoms with E-state index in [0.29, 0.717) is 5.13 Å². The van der Waals surface area contributed by atoms with Gasteiger partial charge in [-0.25, -0.2) is 4.98 Å². The van der Waals surface area contributed by atoms with Crippen LogP contribution in [0, 0.1) is 0 Å². The smallest absolute Gasteiger partial charge is 0.179 e. The Kier molecular flexibility index (Phi) is 5.42. The molecule has 4 nitrogen and oxygen atoms in total. The average Bonchev–Trinajstić information content (AvgIpc) is 2.99. The van der Waals surface area contributed by atoms with E-state index in [1.165, 1.54) is 11.3 Å². The number of anilines is 1. The number of nitrogens with zero attached hydrogens (tertiary/aromatic N) is 3. The molecule has 0 aliphatic heterocycles. The molecule has 1 aromatic heterocycles. The summed E-state index contributed by atoms with van der Waals surface area (Å²) in [4.78, 5) is 3.71. The van der Waals surface area contributed by atoms with Crippen LogP contribution in [0.1, 0.15) is 0 Å². The van der Waals surface area contributed by atoms with E-state index in [9.17, 15) is 0 Å². The van der Waals surface area contributed by atoms with E-state index in [-0.39, 0.29) is 0 Å². The highest BCUT2D eigenvalue weighted by Crippen LogP contribution is 2.16. The molecule has 20 heavy (non-hydrogen) atoms. The van der Waals surface area contributed by atoms with Gasteiger partial charge in [-0.15, -0.1) is 11.3 Å². The zero-order chi connectivity index (χ0) is 14.0. The van der Waals surface area contributed by atoms with Gasteiger partial charge in [0.15, 0.2) is 5.13 Å². The van der Waals surface area contributed by atoms with Crippen LogP contribution in [0.5, 0.6) is 0 Å². The van der Waals surface area contributed by atoms with Crippen molar-refractivity contribution in [3.63, 3.8) is 0 Å². The molecule has 0 saturated heterocycles. The summed E-state index contributed by atoms with van der Waals surface area (Å²) in [5, 5.41) is 10.7. The van der Waals surface area contributed by atoms with Crippen LogP contribution in [0.15, 0.2) is 82.5 Å². The van der Waals surface area contributed by atoms with E-state index in [4.69, 9.17) is 5.73 Å². The number of thiazole rings is 1. The van der Waals surface area contributed by atoms with E-state index in [2.05, 4.69) is 15.2 Å². The first-order valence-electron chi connectivity index (χ1n) is 6.01. The van der Waals surface area contributed by atoms with Gasteiger partial charge in [0.05, 0.1) is 11.4 Å². The molecule has 1 heterocycles. The van der Waals surface area contributed by atoms with Crippen molar-refractivity contribution in [3.8, 4) is 0 Å². The molecule has 0 radical (unpaired) electrons. The van der Waals surface area contributed by atoms with Gasteiger partial charge in [0, 0.05) is 11.6 Å². The largest absolute Gasteiger partial charge is 0.375 e. The maximum Gasteiger partial charge on any atom is 0.179 e. The lowest BCUT2D eigenvalue weighted by molar-refractivity contribution is 1.23. The summed E-state index contributed by atoms with van der Waals surface area (Å²) >= 11 is 1.44. The first kappa shape index (κ1) is 13.9. The van der Waals surface area contributed by atoms with Crippen molar-refractivity contribution in [3.05, 3.63) is 72.2 Å². The van der Waals surface area contributed by atoms with Crippen molar-refractivity contribution in [2.75, 3.05) is 5.73 Å². The van der Waals surface area contributed by atoms with E-state index in [0.717, 1.165) is 11.4 Å². The number of azo groups is 1. The van der Waals surface area contributed by atoms with Crippen LogP contribution >= 0.6 is 11.3 Å². The number of aromatic nitrogens is 1. The highest BCUT2D eigenvalue weighted by atomic mass is 32.1. The Morgan fingerprint density at radius 2 is 1.30 bits per heavy atom. The van der Waals surface area contributed by atoms with Crippen molar-refractivity contribution in [2.45, 2.75) is 0 Å². The van der Waals surface area contributed by atoms with Gasteiger partial charge in [-0.05, 0) is 24.3 Å². The van der Waals surface area contributed by atoms with Crippen molar-refractivity contribution in [1.29, 1.82) is 0 Å². The maximum absolute atomic E-state index is 5.19. The third-order valence-corrected chi connectivity index (χ3v) is 2.85. The Balaban J connectivity index is 0.000000205. The molecule has 3 aromatic rings. The Morgan fingerprint density at radius 1 is 0.800 bits per heavy atom. The van der Waals surface area contributed by atoms with Gasteiger partial charge in [-0.1, -0.05) is 36.4 Å². The highest BCUT2D eigenvalue weighted by Gasteiger charge is 1.86. The summed E-state index contributed by atoms with van der Waals surface area (Å²) in [6, 6.07) is 19.4. The second-order valence-corrected chi connectivity index (χ2v) is 4.67. The zero-order valence-electron chi connectivity index (χ0n) is 10.8. The van der Waals surface area contributed by atoms with E-state index in [1.54, 1.807) is 6.20 Å². The first-order chi connectivity index (χ1) is 9.84. The summed E-state index contributed by atoms with van der Waals surface area (Å²) in [5.74, 6) is 0. The van der Waals surface area contributed by atoms with Crippen molar-refractivity contribution in [1.82, 2.24) is 4.98 Å². The van der Waals surface area contributed by atoms with Crippen LogP contribution in [-0.2, 0) is 0 Å². The van der Waals surface area contributed by atoms with Gasteiger partial charge < -0.3 is 5.73 Å². The summed E-state index contributed by atoms with van der Waals surface area (Å²) in [6.07, 6.45) is 1.68. The molecule has 2 aromatic carbocycles. The number of benzene rings is 2. The third kappa shape index (κ3) is 4.99. The fourth-order valence-corrected chi connectivity index (χ4v) is 1.72. The van der Waals surface area contributed by atoms with Gasteiger partial charge in [0.2, 0.25) is 0 Å². The Labute approximate surface area is 121 Å². The van der Waals surface area contributed by atoms with E-state index >= 15 is 0 Å². The molecule has 0 aliphatic carbocycles. The lowest BCUT2D eigenvalue weighted by atomic mass is 10.3. The lowest BCUT2D eigenvalue weighted by Gasteiger charge is -1.91. The van der Waals surface area contributed by atoms with E-state index < -0.39 is 0 Å². The minimum Gasteiger partial charge on any atom is -0.375 e. The standard InChI is InChI=1S/C12H10N2.C3H4N2S/c1-3-7-11(8-4-1)13-14-12-9-5-2-6-10-12;4-3-5-1-2-6-3/h1-10H;1-2H,(H2,4,5). The predicted molar refractivity (Wildman–Crippen MR) is 83.6 cm³/mol. The fourth-order valence-electron chi connectivity index (χ4n) is 1.34. The minimum atomic E-state index is 0.634. The van der Waals surface area contributed by atoms with Crippen LogP contribution in [0.4, 0.5) is 16.5 Å². The quantitative estimate of drug-likeness (QED) is 0.684. The molecule has 0 aliphatic rings. The zero-order valence-corrected chi connectivity index (χ0v) is 11.6. The van der Waals surface area contributed by atoms with Crippen LogP contribution in [0.25, 0.3) is 0 Å². The Morgan fingerprint density at radius 3 is 1.60 bits per heavy atom. The highest BCUT2D eigenvalue weighted by molar-refractivity contribution is 7.13. The first-order valence-corrected chi connectivity index (χ1v) is 6.89. The molecule has 5 heteroatoms. The molecular formula is C15H14N4S. The molecule has 0 saturated carbocycles. The van der Waals surface area contributed by atoms with Crippen LogP contribution < -0.4 is 5.73 Å². The van der Waals surface area contributed by atoms with E-state index in [1.807, 2.05) is 66.0 Å². The third-order valence-electron chi connectivity index (χ3n) is 2.24. The summed E-state index contributed by atoms with van der Waals surface area (Å²) < 4.78 is 0.